The van der Waals surface area contributed by atoms with Gasteiger partial charge in [0.15, 0.2) is 5.16 Å². The summed E-state index contributed by atoms with van der Waals surface area (Å²) in [4.78, 5) is 20.9. The topological polar surface area (TPSA) is 60.9 Å². The highest BCUT2D eigenvalue weighted by Gasteiger charge is 2.25. The van der Waals surface area contributed by atoms with Gasteiger partial charge in [0, 0.05) is 21.2 Å². The quantitative estimate of drug-likeness (QED) is 0.265. The lowest BCUT2D eigenvalue weighted by Gasteiger charge is -2.18. The van der Waals surface area contributed by atoms with Gasteiger partial charge >= 0.3 is 0 Å². The molecule has 5 rings (SSSR count). The van der Waals surface area contributed by atoms with Crippen molar-refractivity contribution in [3.8, 4) is 5.69 Å². The molecular weight excluding hydrogens is 450 g/mol. The third-order valence-electron chi connectivity index (χ3n) is 5.91. The van der Waals surface area contributed by atoms with Crippen LogP contribution in [0.4, 0.5) is 0 Å². The van der Waals surface area contributed by atoms with Gasteiger partial charge in [0.2, 0.25) is 0 Å². The first kappa shape index (κ1) is 20.8. The fourth-order valence-electron chi connectivity index (χ4n) is 4.13. The number of rotatable bonds is 4. The molecule has 0 saturated carbocycles. The van der Waals surface area contributed by atoms with Crippen LogP contribution in [0.15, 0.2) is 38.7 Å². The fraction of sp³-hybridized carbons (Fsp3) is 0.348. The van der Waals surface area contributed by atoms with Crippen molar-refractivity contribution in [2.75, 3.05) is 0 Å². The lowest BCUT2D eigenvalue weighted by molar-refractivity contribution is 0.392. The molecule has 1 aromatic carbocycles. The summed E-state index contributed by atoms with van der Waals surface area (Å²) >= 11 is 9.32. The summed E-state index contributed by atoms with van der Waals surface area (Å²) < 4.78 is 7.03. The van der Waals surface area contributed by atoms with Crippen LogP contribution >= 0.6 is 34.7 Å². The predicted molar refractivity (Wildman–Crippen MR) is 127 cm³/mol. The maximum absolute atomic E-state index is 13.8. The molecule has 8 heteroatoms. The molecule has 31 heavy (non-hydrogen) atoms. The Morgan fingerprint density at radius 1 is 1.29 bits per heavy atom. The lowest BCUT2D eigenvalue weighted by Crippen LogP contribution is -2.22. The van der Waals surface area contributed by atoms with E-state index in [-0.39, 0.29) is 5.56 Å². The molecule has 1 aliphatic rings. The van der Waals surface area contributed by atoms with Gasteiger partial charge in [0.25, 0.3) is 5.56 Å². The molecule has 0 N–H and O–H groups in total. The minimum Gasteiger partial charge on any atom is -0.361 e. The third kappa shape index (κ3) is 3.73. The van der Waals surface area contributed by atoms with E-state index >= 15 is 0 Å². The van der Waals surface area contributed by atoms with E-state index in [1.165, 1.54) is 22.2 Å². The minimum atomic E-state index is 0.000591. The Hall–Kier alpha value is -2.09. The highest BCUT2D eigenvalue weighted by Crippen LogP contribution is 2.37. The van der Waals surface area contributed by atoms with Gasteiger partial charge in [-0.25, -0.2) is 4.98 Å². The summed E-state index contributed by atoms with van der Waals surface area (Å²) in [5.41, 5.74) is 3.88. The van der Waals surface area contributed by atoms with E-state index in [0.29, 0.717) is 21.8 Å². The number of thiophene rings is 1. The second-order valence-electron chi connectivity index (χ2n) is 8.13. The Bertz CT molecular complexity index is 1320. The van der Waals surface area contributed by atoms with E-state index < -0.39 is 0 Å². The van der Waals surface area contributed by atoms with E-state index in [0.717, 1.165) is 52.2 Å². The molecule has 5 nitrogen and oxygen atoms in total. The highest BCUT2D eigenvalue weighted by atomic mass is 35.5. The molecule has 4 aromatic rings. The molecule has 0 bridgehead atoms. The molecule has 160 valence electrons. The number of aromatic nitrogens is 3. The van der Waals surface area contributed by atoms with Crippen molar-refractivity contribution in [1.29, 1.82) is 0 Å². The maximum atomic E-state index is 13.8. The number of aryl methyl sites for hydroxylation is 3. The standard InChI is InChI=1S/C23H22ClN3O2S2/c1-12-4-9-17-19(10-12)31-21-20(17)22(28)27(16-7-5-15(24)6-8-16)23(25-21)30-11-18-13(2)26-29-14(18)3/h5-8,12H,4,9-11H2,1-3H3. The van der Waals surface area contributed by atoms with Crippen LogP contribution in [0, 0.1) is 19.8 Å². The normalized spacial score (nSPS) is 16.1. The van der Waals surface area contributed by atoms with Crippen LogP contribution in [0.25, 0.3) is 15.9 Å². The third-order valence-corrected chi connectivity index (χ3v) is 8.28. The molecule has 1 unspecified atom stereocenters. The zero-order valence-corrected chi connectivity index (χ0v) is 20.0. The summed E-state index contributed by atoms with van der Waals surface area (Å²) in [5, 5.41) is 6.14. The van der Waals surface area contributed by atoms with Gasteiger partial charge in [0.05, 0.1) is 16.8 Å². The van der Waals surface area contributed by atoms with Crippen LogP contribution in [-0.2, 0) is 18.6 Å². The van der Waals surface area contributed by atoms with Crippen LogP contribution in [0.5, 0.6) is 0 Å². The molecule has 0 amide bonds. The Kier molecular flexibility index (Phi) is 5.44. The smallest absolute Gasteiger partial charge is 0.267 e. The zero-order valence-electron chi connectivity index (χ0n) is 17.6. The Labute approximate surface area is 193 Å². The molecule has 3 heterocycles. The van der Waals surface area contributed by atoms with E-state index in [1.807, 2.05) is 26.0 Å². The molecule has 0 spiro atoms. The van der Waals surface area contributed by atoms with Gasteiger partial charge in [0.1, 0.15) is 10.6 Å². The molecule has 0 fully saturated rings. The lowest BCUT2D eigenvalue weighted by atomic mass is 9.89. The second kappa shape index (κ2) is 8.11. The van der Waals surface area contributed by atoms with E-state index in [9.17, 15) is 4.79 Å². The Balaban J connectivity index is 1.68. The number of thioether (sulfide) groups is 1. The molecule has 0 radical (unpaired) electrons. The van der Waals surface area contributed by atoms with Crippen LogP contribution < -0.4 is 5.56 Å². The Morgan fingerprint density at radius 3 is 2.77 bits per heavy atom. The van der Waals surface area contributed by atoms with Crippen LogP contribution in [-0.4, -0.2) is 14.7 Å². The number of fused-ring (bicyclic) bond motifs is 3. The first-order chi connectivity index (χ1) is 14.9. The van der Waals surface area contributed by atoms with E-state index in [4.69, 9.17) is 21.1 Å². The van der Waals surface area contributed by atoms with Crippen molar-refractivity contribution < 1.29 is 4.52 Å². The van der Waals surface area contributed by atoms with Gasteiger partial charge in [-0.3, -0.25) is 9.36 Å². The fourth-order valence-corrected chi connectivity index (χ4v) is 6.85. The highest BCUT2D eigenvalue weighted by molar-refractivity contribution is 7.98. The molecule has 1 aliphatic carbocycles. The van der Waals surface area contributed by atoms with Crippen molar-refractivity contribution in [1.82, 2.24) is 14.7 Å². The van der Waals surface area contributed by atoms with Crippen molar-refractivity contribution in [2.24, 2.45) is 5.92 Å². The SMILES string of the molecule is Cc1noc(C)c1CSc1nc2sc3c(c2c(=O)n1-c1ccc(Cl)cc1)CCC(C)C3. The molecule has 1 atom stereocenters. The average molecular weight is 472 g/mol. The summed E-state index contributed by atoms with van der Waals surface area (Å²) in [5.74, 6) is 2.08. The number of nitrogens with zero attached hydrogens (tertiary/aromatic N) is 3. The largest absolute Gasteiger partial charge is 0.361 e. The molecule has 0 aliphatic heterocycles. The van der Waals surface area contributed by atoms with Gasteiger partial charge in [-0.05, 0) is 68.9 Å². The van der Waals surface area contributed by atoms with Crippen LogP contribution in [0.2, 0.25) is 5.02 Å². The van der Waals surface area contributed by atoms with Gasteiger partial charge < -0.3 is 4.52 Å². The number of hydrogen-bond donors (Lipinski definition) is 0. The van der Waals surface area contributed by atoms with Crippen LogP contribution in [0.1, 0.15) is 40.8 Å². The summed E-state index contributed by atoms with van der Waals surface area (Å²) in [7, 11) is 0. The van der Waals surface area contributed by atoms with Gasteiger partial charge in [-0.2, -0.15) is 0 Å². The number of halogens is 1. The maximum Gasteiger partial charge on any atom is 0.267 e. The summed E-state index contributed by atoms with van der Waals surface area (Å²) in [6.45, 7) is 6.12. The Morgan fingerprint density at radius 2 is 2.06 bits per heavy atom. The zero-order chi connectivity index (χ0) is 21.7. The van der Waals surface area contributed by atoms with E-state index in [1.54, 1.807) is 28.0 Å². The van der Waals surface area contributed by atoms with Crippen molar-refractivity contribution >= 4 is 44.9 Å². The van der Waals surface area contributed by atoms with Gasteiger partial charge in [-0.15, -0.1) is 11.3 Å². The first-order valence-electron chi connectivity index (χ1n) is 10.3. The monoisotopic (exact) mass is 471 g/mol. The van der Waals surface area contributed by atoms with Crippen LogP contribution in [0.3, 0.4) is 0 Å². The minimum absolute atomic E-state index is 0.000591. The van der Waals surface area contributed by atoms with Crippen molar-refractivity contribution in [2.45, 2.75) is 50.9 Å². The molecule has 0 saturated heterocycles. The average Bonchev–Trinajstić information content (AvgIpc) is 3.26. The number of hydrogen-bond acceptors (Lipinski definition) is 6. The first-order valence-corrected chi connectivity index (χ1v) is 12.5. The summed E-state index contributed by atoms with van der Waals surface area (Å²) in [6, 6.07) is 7.36. The molecular formula is C23H22ClN3O2S2. The predicted octanol–water partition coefficient (Wildman–Crippen LogP) is 6.12. The van der Waals surface area contributed by atoms with Crippen molar-refractivity contribution in [3.63, 3.8) is 0 Å². The van der Waals surface area contributed by atoms with Crippen molar-refractivity contribution in [3.05, 3.63) is 67.1 Å². The second-order valence-corrected chi connectivity index (χ2v) is 10.6. The summed E-state index contributed by atoms with van der Waals surface area (Å²) in [6.07, 6.45) is 3.08. The number of benzene rings is 1. The van der Waals surface area contributed by atoms with Gasteiger partial charge in [-0.1, -0.05) is 35.4 Å². The van der Waals surface area contributed by atoms with E-state index in [2.05, 4.69) is 12.1 Å². The molecule has 3 aromatic heterocycles.